The number of nitrogens with two attached hydrogens (primary N) is 1. The first-order chi connectivity index (χ1) is 15.2. The molecule has 0 saturated carbocycles. The van der Waals surface area contributed by atoms with Gasteiger partial charge in [-0.15, -0.1) is 0 Å². The third-order valence-corrected chi connectivity index (χ3v) is 6.09. The van der Waals surface area contributed by atoms with Crippen molar-refractivity contribution >= 4 is 11.6 Å². The summed E-state index contributed by atoms with van der Waals surface area (Å²) in [5, 5.41) is 0. The highest BCUT2D eigenvalue weighted by molar-refractivity contribution is 5.78. The van der Waals surface area contributed by atoms with E-state index in [0.29, 0.717) is 25.6 Å². The number of nitrogens with zero attached hydrogens (tertiary/aromatic N) is 2. The predicted molar refractivity (Wildman–Crippen MR) is 118 cm³/mol. The van der Waals surface area contributed by atoms with Crippen LogP contribution in [0, 0.1) is 0 Å². The molecule has 6 rings (SSSR count). The van der Waals surface area contributed by atoms with E-state index in [1.54, 1.807) is 6.20 Å². The second-order valence-electron chi connectivity index (χ2n) is 7.90. The van der Waals surface area contributed by atoms with Crippen molar-refractivity contribution in [2.24, 2.45) is 10.7 Å². The van der Waals surface area contributed by atoms with E-state index in [1.807, 2.05) is 24.3 Å². The van der Waals surface area contributed by atoms with Crippen LogP contribution in [0.1, 0.15) is 23.2 Å². The summed E-state index contributed by atoms with van der Waals surface area (Å²) in [7, 11) is 0. The van der Waals surface area contributed by atoms with Gasteiger partial charge in [0.05, 0.1) is 25.1 Å². The number of hydrogen-bond donors (Lipinski definition) is 1. The van der Waals surface area contributed by atoms with Gasteiger partial charge in [0.15, 0.2) is 11.3 Å². The number of amidine groups is 1. The van der Waals surface area contributed by atoms with E-state index < -0.39 is 5.54 Å². The number of rotatable bonds is 2. The van der Waals surface area contributed by atoms with E-state index in [1.165, 1.54) is 5.57 Å². The van der Waals surface area contributed by atoms with Crippen LogP contribution in [0.15, 0.2) is 71.9 Å². The third kappa shape index (κ3) is 2.91. The molecule has 0 unspecified atom stereocenters. The van der Waals surface area contributed by atoms with Gasteiger partial charge in [0, 0.05) is 11.1 Å². The van der Waals surface area contributed by atoms with Crippen molar-refractivity contribution in [1.82, 2.24) is 4.98 Å². The zero-order chi connectivity index (χ0) is 20.8. The fourth-order valence-corrected chi connectivity index (χ4v) is 4.51. The van der Waals surface area contributed by atoms with Crippen molar-refractivity contribution in [2.45, 2.75) is 12.0 Å². The Labute approximate surface area is 180 Å². The van der Waals surface area contributed by atoms with Crippen molar-refractivity contribution in [3.63, 3.8) is 0 Å². The van der Waals surface area contributed by atoms with Gasteiger partial charge in [-0.25, -0.2) is 4.99 Å². The minimum absolute atomic E-state index is 0.188. The van der Waals surface area contributed by atoms with E-state index in [-0.39, 0.29) is 6.02 Å². The van der Waals surface area contributed by atoms with Crippen LogP contribution in [-0.2, 0) is 15.0 Å². The Balaban J connectivity index is 1.53. The van der Waals surface area contributed by atoms with Crippen LogP contribution in [0.25, 0.3) is 16.7 Å². The number of aromatic nitrogens is 1. The number of benzene rings is 2. The molecule has 0 saturated heterocycles. The Morgan fingerprint density at radius 1 is 0.935 bits per heavy atom. The first-order valence-corrected chi connectivity index (χ1v) is 10.4. The predicted octanol–water partition coefficient (Wildman–Crippen LogP) is 4.25. The molecule has 0 aliphatic carbocycles. The maximum atomic E-state index is 6.26. The van der Waals surface area contributed by atoms with Crippen LogP contribution in [0.3, 0.4) is 0 Å². The summed E-state index contributed by atoms with van der Waals surface area (Å²) in [5.41, 5.74) is 11.4. The second-order valence-corrected chi connectivity index (χ2v) is 7.90. The van der Waals surface area contributed by atoms with Gasteiger partial charge in [0.25, 0.3) is 6.02 Å². The van der Waals surface area contributed by atoms with Crippen LogP contribution in [0.5, 0.6) is 11.5 Å². The van der Waals surface area contributed by atoms with E-state index in [4.69, 9.17) is 24.9 Å². The van der Waals surface area contributed by atoms with Gasteiger partial charge in [-0.05, 0) is 41.3 Å². The summed E-state index contributed by atoms with van der Waals surface area (Å²) in [5.74, 6) is 1.42. The van der Waals surface area contributed by atoms with Crippen LogP contribution in [0.4, 0.5) is 0 Å². The summed E-state index contributed by atoms with van der Waals surface area (Å²) in [6, 6.07) is 18.7. The number of fused-ring (bicyclic) bond motifs is 4. The Morgan fingerprint density at radius 2 is 1.81 bits per heavy atom. The van der Waals surface area contributed by atoms with Gasteiger partial charge in [0.2, 0.25) is 0 Å². The Hall–Kier alpha value is -3.64. The molecule has 0 radical (unpaired) electrons. The molecule has 154 valence electrons. The normalized spacial score (nSPS) is 21.4. The lowest BCUT2D eigenvalue weighted by Crippen LogP contribution is -2.31. The van der Waals surface area contributed by atoms with E-state index >= 15 is 0 Å². The number of hydrogen-bond acceptors (Lipinski definition) is 6. The van der Waals surface area contributed by atoms with Crippen LogP contribution >= 0.6 is 0 Å². The summed E-state index contributed by atoms with van der Waals surface area (Å²) < 4.78 is 17.4. The fraction of sp³-hybridized carbons (Fsp3) is 0.200. The quantitative estimate of drug-likeness (QED) is 0.682. The highest BCUT2D eigenvalue weighted by Gasteiger charge is 2.47. The highest BCUT2D eigenvalue weighted by atomic mass is 16.5. The van der Waals surface area contributed by atoms with Crippen LogP contribution in [-0.4, -0.2) is 30.8 Å². The third-order valence-electron chi connectivity index (χ3n) is 6.09. The van der Waals surface area contributed by atoms with Gasteiger partial charge in [-0.1, -0.05) is 42.5 Å². The molecule has 4 heterocycles. The molecule has 2 N–H and O–H groups in total. The summed E-state index contributed by atoms with van der Waals surface area (Å²) in [4.78, 5) is 9.46. The summed E-state index contributed by atoms with van der Waals surface area (Å²) in [6.45, 7) is 1.63. The SMILES string of the molecule is NC1=N[C@@]2(CO1)c1cc(-c3ccccc3)ccc1Oc1cnc(C3=CCOCC3)cc12. The second kappa shape index (κ2) is 6.96. The minimum Gasteiger partial charge on any atom is -0.462 e. The molecule has 3 aromatic rings. The zero-order valence-electron chi connectivity index (χ0n) is 16.9. The fourth-order valence-electron chi connectivity index (χ4n) is 4.51. The Bertz CT molecular complexity index is 1240. The van der Waals surface area contributed by atoms with E-state index in [2.05, 4.69) is 41.4 Å². The highest BCUT2D eigenvalue weighted by Crippen LogP contribution is 2.51. The molecule has 1 atom stereocenters. The molecule has 2 aromatic carbocycles. The van der Waals surface area contributed by atoms with Crippen molar-refractivity contribution in [3.05, 3.63) is 83.7 Å². The topological polar surface area (TPSA) is 79.0 Å². The average Bonchev–Trinajstić information content (AvgIpc) is 3.22. The van der Waals surface area contributed by atoms with Crippen LogP contribution in [0.2, 0.25) is 0 Å². The molecule has 0 fully saturated rings. The van der Waals surface area contributed by atoms with Gasteiger partial charge in [-0.3, -0.25) is 4.98 Å². The lowest BCUT2D eigenvalue weighted by atomic mass is 9.80. The standard InChI is InChI=1S/C25H21N3O3/c26-24-28-25(15-30-24)19-12-18(16-4-2-1-3-5-16)6-7-22(19)31-23-14-27-21(13-20(23)25)17-8-10-29-11-9-17/h1-8,12-14H,9-11,15H2,(H2,26,28)/t25-/m0/s1. The Morgan fingerprint density at radius 3 is 2.58 bits per heavy atom. The number of ether oxygens (including phenoxy) is 3. The number of aliphatic imine (C=N–C) groups is 1. The van der Waals surface area contributed by atoms with Gasteiger partial charge < -0.3 is 19.9 Å². The smallest absolute Gasteiger partial charge is 0.283 e. The molecule has 0 bridgehead atoms. The molecule has 3 aliphatic heterocycles. The maximum absolute atomic E-state index is 6.26. The molecular formula is C25H21N3O3. The first kappa shape index (κ1) is 18.2. The van der Waals surface area contributed by atoms with E-state index in [9.17, 15) is 0 Å². The molecule has 1 spiro atoms. The van der Waals surface area contributed by atoms with Gasteiger partial charge in [-0.2, -0.15) is 0 Å². The number of pyridine rings is 1. The summed E-state index contributed by atoms with van der Waals surface area (Å²) >= 11 is 0. The van der Waals surface area contributed by atoms with E-state index in [0.717, 1.165) is 40.1 Å². The molecule has 0 amide bonds. The first-order valence-electron chi connectivity index (χ1n) is 10.4. The van der Waals surface area contributed by atoms with Crippen molar-refractivity contribution in [2.75, 3.05) is 19.8 Å². The molecule has 3 aliphatic rings. The lowest BCUT2D eigenvalue weighted by molar-refractivity contribution is 0.161. The van der Waals surface area contributed by atoms with Crippen molar-refractivity contribution in [3.8, 4) is 22.6 Å². The average molecular weight is 411 g/mol. The summed E-state index contributed by atoms with van der Waals surface area (Å²) in [6.07, 6.45) is 4.69. The molecule has 6 nitrogen and oxygen atoms in total. The minimum atomic E-state index is -0.763. The van der Waals surface area contributed by atoms with Crippen molar-refractivity contribution in [1.29, 1.82) is 0 Å². The molecule has 31 heavy (non-hydrogen) atoms. The molecule has 1 aromatic heterocycles. The van der Waals surface area contributed by atoms with Gasteiger partial charge in [0.1, 0.15) is 12.4 Å². The van der Waals surface area contributed by atoms with Crippen molar-refractivity contribution < 1.29 is 14.2 Å². The lowest BCUT2D eigenvalue weighted by Gasteiger charge is -2.34. The largest absolute Gasteiger partial charge is 0.462 e. The van der Waals surface area contributed by atoms with Crippen LogP contribution < -0.4 is 10.5 Å². The van der Waals surface area contributed by atoms with Gasteiger partial charge >= 0.3 is 0 Å². The zero-order valence-corrected chi connectivity index (χ0v) is 16.9. The molecular weight excluding hydrogens is 390 g/mol. The molecule has 6 heteroatoms. The Kier molecular flexibility index (Phi) is 4.07. The monoisotopic (exact) mass is 411 g/mol. The maximum Gasteiger partial charge on any atom is 0.283 e.